The van der Waals surface area contributed by atoms with Gasteiger partial charge in [-0.25, -0.2) is 4.79 Å². The molecule has 27 heavy (non-hydrogen) atoms. The molecule has 1 aliphatic heterocycles. The molecule has 0 unspecified atom stereocenters. The molecule has 2 aromatic rings. The molecule has 0 fully saturated rings. The van der Waals surface area contributed by atoms with Gasteiger partial charge in [0.1, 0.15) is 13.2 Å². The van der Waals surface area contributed by atoms with Crippen LogP contribution in [0, 0.1) is 0 Å². The van der Waals surface area contributed by atoms with Crippen molar-refractivity contribution in [2.75, 3.05) is 13.2 Å². The molecular weight excluding hydrogens is 361 g/mol. The average molecular weight is 376 g/mol. The number of alkyl halides is 3. The molecular formula is C20H15F3O4. The zero-order valence-corrected chi connectivity index (χ0v) is 14.0. The number of ether oxygens (including phenoxy) is 2. The Morgan fingerprint density at radius 3 is 2.22 bits per heavy atom. The van der Waals surface area contributed by atoms with Crippen LogP contribution < -0.4 is 9.47 Å². The number of allylic oxidation sites excluding steroid dienone is 2. The molecule has 0 radical (unpaired) electrons. The lowest BCUT2D eigenvalue weighted by Gasteiger charge is -2.19. The third kappa shape index (κ3) is 4.49. The summed E-state index contributed by atoms with van der Waals surface area (Å²) in [6, 6.07) is 9.84. The molecule has 140 valence electrons. The van der Waals surface area contributed by atoms with Crippen LogP contribution in [-0.4, -0.2) is 24.3 Å². The summed E-state index contributed by atoms with van der Waals surface area (Å²) in [6.07, 6.45) is -0.626. The Labute approximate surface area is 153 Å². The van der Waals surface area contributed by atoms with E-state index in [9.17, 15) is 18.0 Å². The molecule has 0 amide bonds. The standard InChI is InChI=1S/C20H15F3O4/c21-20(22,23)15-7-4-13(5-8-15)16(2-1-3-19(24)25)14-6-9-17-18(12-14)27-11-10-26-17/h1-9,12H,10-11H2,(H,24,25)/b3-1+,16-2-. The van der Waals surface area contributed by atoms with Crippen LogP contribution in [0.25, 0.3) is 5.57 Å². The third-order valence-electron chi connectivity index (χ3n) is 3.88. The molecule has 0 atom stereocenters. The molecule has 0 aromatic heterocycles. The molecule has 0 bridgehead atoms. The molecule has 0 saturated heterocycles. The van der Waals surface area contributed by atoms with Gasteiger partial charge in [0.25, 0.3) is 0 Å². The lowest BCUT2D eigenvalue weighted by atomic mass is 9.96. The monoisotopic (exact) mass is 376 g/mol. The Morgan fingerprint density at radius 2 is 1.59 bits per heavy atom. The average Bonchev–Trinajstić information content (AvgIpc) is 2.64. The molecule has 0 spiro atoms. The third-order valence-corrected chi connectivity index (χ3v) is 3.88. The van der Waals surface area contributed by atoms with Gasteiger partial charge >= 0.3 is 12.1 Å². The Morgan fingerprint density at radius 1 is 0.963 bits per heavy atom. The lowest BCUT2D eigenvalue weighted by Crippen LogP contribution is -2.15. The van der Waals surface area contributed by atoms with Gasteiger partial charge in [0.2, 0.25) is 0 Å². The van der Waals surface area contributed by atoms with E-state index in [1.165, 1.54) is 24.3 Å². The van der Waals surface area contributed by atoms with Crippen molar-refractivity contribution in [1.29, 1.82) is 0 Å². The summed E-state index contributed by atoms with van der Waals surface area (Å²) < 4.78 is 49.4. The van der Waals surface area contributed by atoms with Crippen molar-refractivity contribution in [2.45, 2.75) is 6.18 Å². The smallest absolute Gasteiger partial charge is 0.416 e. The number of hydrogen-bond donors (Lipinski definition) is 1. The quantitative estimate of drug-likeness (QED) is 0.628. The number of carboxylic acids is 1. The zero-order valence-electron chi connectivity index (χ0n) is 14.0. The molecule has 0 saturated carbocycles. The maximum atomic E-state index is 12.8. The fourth-order valence-corrected chi connectivity index (χ4v) is 2.64. The first-order valence-corrected chi connectivity index (χ1v) is 8.03. The van der Waals surface area contributed by atoms with Gasteiger partial charge in [0.15, 0.2) is 11.5 Å². The van der Waals surface area contributed by atoms with Crippen molar-refractivity contribution in [3.05, 3.63) is 77.4 Å². The van der Waals surface area contributed by atoms with Crippen molar-refractivity contribution in [1.82, 2.24) is 0 Å². The van der Waals surface area contributed by atoms with Crippen LogP contribution in [-0.2, 0) is 11.0 Å². The second-order valence-corrected chi connectivity index (χ2v) is 5.71. The van der Waals surface area contributed by atoms with E-state index < -0.39 is 17.7 Å². The summed E-state index contributed by atoms with van der Waals surface area (Å²) in [5.74, 6) is -0.0168. The Bertz CT molecular complexity index is 896. The Balaban J connectivity index is 2.02. The first-order chi connectivity index (χ1) is 12.8. The van der Waals surface area contributed by atoms with Crippen LogP contribution in [0.3, 0.4) is 0 Å². The summed E-state index contributed by atoms with van der Waals surface area (Å²) >= 11 is 0. The fourth-order valence-electron chi connectivity index (χ4n) is 2.64. The molecule has 3 rings (SSSR count). The number of carbonyl (C=O) groups is 1. The number of benzene rings is 2. The minimum Gasteiger partial charge on any atom is -0.486 e. The second kappa shape index (κ2) is 7.57. The van der Waals surface area contributed by atoms with Gasteiger partial charge in [-0.3, -0.25) is 0 Å². The van der Waals surface area contributed by atoms with Gasteiger partial charge in [-0.15, -0.1) is 0 Å². The van der Waals surface area contributed by atoms with Crippen LogP contribution in [0.5, 0.6) is 11.5 Å². The highest BCUT2D eigenvalue weighted by atomic mass is 19.4. The molecule has 7 heteroatoms. The van der Waals surface area contributed by atoms with Crippen molar-refractivity contribution in [2.24, 2.45) is 0 Å². The van der Waals surface area contributed by atoms with Crippen molar-refractivity contribution in [3.63, 3.8) is 0 Å². The van der Waals surface area contributed by atoms with Crippen molar-refractivity contribution >= 4 is 11.5 Å². The molecule has 1 N–H and O–H groups in total. The highest BCUT2D eigenvalue weighted by Gasteiger charge is 2.30. The second-order valence-electron chi connectivity index (χ2n) is 5.71. The zero-order chi connectivity index (χ0) is 19.4. The van der Waals surface area contributed by atoms with E-state index in [4.69, 9.17) is 14.6 Å². The highest BCUT2D eigenvalue weighted by Crippen LogP contribution is 2.36. The lowest BCUT2D eigenvalue weighted by molar-refractivity contribution is -0.137. The predicted molar refractivity (Wildman–Crippen MR) is 92.7 cm³/mol. The number of hydrogen-bond acceptors (Lipinski definition) is 3. The van der Waals surface area contributed by atoms with Crippen LogP contribution >= 0.6 is 0 Å². The van der Waals surface area contributed by atoms with Gasteiger partial charge in [-0.2, -0.15) is 13.2 Å². The summed E-state index contributed by atoms with van der Waals surface area (Å²) in [5, 5.41) is 8.77. The van der Waals surface area contributed by atoms with E-state index in [1.54, 1.807) is 18.2 Å². The van der Waals surface area contributed by atoms with Gasteiger partial charge in [-0.1, -0.05) is 30.4 Å². The van der Waals surface area contributed by atoms with E-state index >= 15 is 0 Å². The van der Waals surface area contributed by atoms with Crippen LogP contribution in [0.15, 0.2) is 60.7 Å². The maximum Gasteiger partial charge on any atom is 0.416 e. The highest BCUT2D eigenvalue weighted by molar-refractivity contribution is 5.84. The van der Waals surface area contributed by atoms with Gasteiger partial charge in [0, 0.05) is 6.08 Å². The van der Waals surface area contributed by atoms with E-state index in [2.05, 4.69) is 0 Å². The normalized spacial score (nSPS) is 14.4. The summed E-state index contributed by atoms with van der Waals surface area (Å²) in [4.78, 5) is 10.7. The molecule has 1 aliphatic rings. The number of halogens is 3. The van der Waals surface area contributed by atoms with Gasteiger partial charge < -0.3 is 14.6 Å². The number of carboxylic acid groups (broad SMARTS) is 1. The van der Waals surface area contributed by atoms with Crippen LogP contribution in [0.4, 0.5) is 13.2 Å². The van der Waals surface area contributed by atoms with E-state index in [-0.39, 0.29) is 0 Å². The first kappa shape index (κ1) is 18.6. The minimum absolute atomic E-state index is 0.398. The fraction of sp³-hybridized carbons (Fsp3) is 0.150. The SMILES string of the molecule is O=C(O)/C=C/C=C(/c1ccc(C(F)(F)F)cc1)c1ccc2c(c1)OCCO2. The maximum absolute atomic E-state index is 12.8. The number of aliphatic carboxylic acids is 1. The van der Waals surface area contributed by atoms with Crippen molar-refractivity contribution < 1.29 is 32.5 Å². The Kier molecular flexibility index (Phi) is 5.21. The summed E-state index contributed by atoms with van der Waals surface area (Å²) in [5.41, 5.74) is 0.968. The minimum atomic E-state index is -4.43. The van der Waals surface area contributed by atoms with E-state index in [0.717, 1.165) is 18.2 Å². The first-order valence-electron chi connectivity index (χ1n) is 8.03. The molecule has 1 heterocycles. The molecule has 0 aliphatic carbocycles. The largest absolute Gasteiger partial charge is 0.486 e. The van der Waals surface area contributed by atoms with Crippen molar-refractivity contribution in [3.8, 4) is 11.5 Å². The summed E-state index contributed by atoms with van der Waals surface area (Å²) in [7, 11) is 0. The van der Waals surface area contributed by atoms with Gasteiger partial charge in [-0.05, 0) is 41.0 Å². The van der Waals surface area contributed by atoms with Crippen LogP contribution in [0.1, 0.15) is 16.7 Å². The number of rotatable bonds is 4. The molecule has 2 aromatic carbocycles. The van der Waals surface area contributed by atoms with Gasteiger partial charge in [0.05, 0.1) is 5.56 Å². The van der Waals surface area contributed by atoms with E-state index in [1.807, 2.05) is 0 Å². The Hall–Kier alpha value is -3.22. The molecule has 4 nitrogen and oxygen atoms in total. The topological polar surface area (TPSA) is 55.8 Å². The van der Waals surface area contributed by atoms with Crippen LogP contribution in [0.2, 0.25) is 0 Å². The summed E-state index contributed by atoms with van der Waals surface area (Å²) in [6.45, 7) is 0.837. The number of fused-ring (bicyclic) bond motifs is 1. The van der Waals surface area contributed by atoms with E-state index in [0.29, 0.717) is 41.4 Å². The predicted octanol–water partition coefficient (Wildman–Crippen LogP) is 4.55.